The molecule has 0 saturated heterocycles. The molecular weight excluding hydrogens is 727 g/mol. The number of rotatable bonds is 6. The van der Waals surface area contributed by atoms with Gasteiger partial charge in [-0.3, -0.25) is 4.99 Å². The summed E-state index contributed by atoms with van der Waals surface area (Å²) in [7, 11) is 0. The average Bonchev–Trinajstić information content (AvgIpc) is 3.94. The molecule has 3 aromatic heterocycles. The highest BCUT2D eigenvalue weighted by molar-refractivity contribution is 7.26. The Kier molecular flexibility index (Phi) is 8.15. The first-order valence-electron chi connectivity index (χ1n) is 19.4. The molecule has 0 fully saturated rings. The molecule has 0 spiro atoms. The number of fused-ring (bicyclic) bond motifs is 9. The molecular formula is C52H35N5S. The first-order valence-corrected chi connectivity index (χ1v) is 20.2. The monoisotopic (exact) mass is 761 g/mol. The predicted molar refractivity (Wildman–Crippen MR) is 247 cm³/mol. The maximum Gasteiger partial charge on any atom is 0.161 e. The van der Waals surface area contributed by atoms with Crippen molar-refractivity contribution in [2.75, 3.05) is 0 Å². The fraction of sp³-hybridized carbons (Fsp3) is 0.0192. The van der Waals surface area contributed by atoms with Gasteiger partial charge in [0.05, 0.1) is 28.6 Å². The summed E-state index contributed by atoms with van der Waals surface area (Å²) in [6.45, 7) is 4.42. The van der Waals surface area contributed by atoms with Crippen LogP contribution in [0.25, 0.3) is 75.2 Å². The fourth-order valence-corrected chi connectivity index (χ4v) is 9.67. The first-order chi connectivity index (χ1) is 28.7. The van der Waals surface area contributed by atoms with Gasteiger partial charge in [0.25, 0.3) is 0 Å². The number of nitrogens with zero attached hydrogens (tertiary/aromatic N) is 5. The highest BCUT2D eigenvalue weighted by Crippen LogP contribution is 2.42. The molecule has 5 nitrogen and oxygen atoms in total. The van der Waals surface area contributed by atoms with Gasteiger partial charge >= 0.3 is 0 Å². The maximum atomic E-state index is 5.29. The number of amidine groups is 2. The van der Waals surface area contributed by atoms with Crippen molar-refractivity contribution in [1.29, 1.82) is 0 Å². The molecule has 0 unspecified atom stereocenters. The number of hydrogen-bond acceptors (Lipinski definition) is 2. The molecule has 0 radical (unpaired) electrons. The summed E-state index contributed by atoms with van der Waals surface area (Å²) in [5.41, 5.74) is 9.71. The van der Waals surface area contributed by atoms with Crippen LogP contribution in [-0.2, 0) is 6.54 Å². The highest BCUT2D eigenvalue weighted by atomic mass is 32.1. The van der Waals surface area contributed by atoms with E-state index in [-0.39, 0.29) is 0 Å². The number of hydrogen-bond donors (Lipinski definition) is 0. The van der Waals surface area contributed by atoms with Crippen LogP contribution in [0.3, 0.4) is 0 Å². The molecule has 0 aliphatic carbocycles. The van der Waals surface area contributed by atoms with Crippen molar-refractivity contribution in [2.45, 2.75) is 6.54 Å². The van der Waals surface area contributed by atoms with Gasteiger partial charge in [-0.05, 0) is 66.9 Å². The van der Waals surface area contributed by atoms with Crippen LogP contribution in [0, 0.1) is 0 Å². The lowest BCUT2D eigenvalue weighted by molar-refractivity contribution is 1.06. The van der Waals surface area contributed by atoms with Crippen molar-refractivity contribution >= 4 is 93.5 Å². The lowest BCUT2D eigenvalue weighted by atomic mass is 10.1. The van der Waals surface area contributed by atoms with Crippen LogP contribution in [-0.4, -0.2) is 27.5 Å². The minimum Gasteiger partial charge on any atom is -0.309 e. The third-order valence-electron chi connectivity index (χ3n) is 11.1. The average molecular weight is 762 g/mol. The number of benzene rings is 8. The second-order valence-electron chi connectivity index (χ2n) is 14.5. The second kappa shape index (κ2) is 14.0. The highest BCUT2D eigenvalue weighted by Gasteiger charge is 2.22. The Morgan fingerprint density at radius 3 is 1.71 bits per heavy atom. The summed E-state index contributed by atoms with van der Waals surface area (Å²) in [5, 5.41) is 7.23. The smallest absolute Gasteiger partial charge is 0.161 e. The Morgan fingerprint density at radius 1 is 0.466 bits per heavy atom. The topological polar surface area (TPSA) is 46.9 Å². The summed E-state index contributed by atoms with van der Waals surface area (Å²) in [6, 6.07) is 66.6. The molecule has 58 heavy (non-hydrogen) atoms. The van der Waals surface area contributed by atoms with Crippen LogP contribution in [0.1, 0.15) is 16.7 Å². The molecule has 8 aromatic carbocycles. The molecule has 0 N–H and O–H groups in total. The Balaban J connectivity index is 1.24. The van der Waals surface area contributed by atoms with Crippen molar-refractivity contribution in [3.63, 3.8) is 0 Å². The molecule has 3 heterocycles. The van der Waals surface area contributed by atoms with Gasteiger partial charge in [-0.1, -0.05) is 133 Å². The lowest BCUT2D eigenvalue weighted by Gasteiger charge is -2.13. The Morgan fingerprint density at radius 2 is 1.03 bits per heavy atom. The largest absolute Gasteiger partial charge is 0.309 e. The number of aliphatic imine (C=N–C) groups is 3. The van der Waals surface area contributed by atoms with E-state index in [1.807, 2.05) is 36.4 Å². The van der Waals surface area contributed by atoms with E-state index in [9.17, 15) is 0 Å². The molecule has 11 aromatic rings. The van der Waals surface area contributed by atoms with Gasteiger partial charge in [-0.25, -0.2) is 9.98 Å². The van der Waals surface area contributed by atoms with E-state index in [1.165, 1.54) is 37.1 Å². The van der Waals surface area contributed by atoms with E-state index in [0.29, 0.717) is 18.2 Å². The van der Waals surface area contributed by atoms with Crippen molar-refractivity contribution in [3.05, 3.63) is 205 Å². The summed E-state index contributed by atoms with van der Waals surface area (Å²) in [4.78, 5) is 15.0. The molecule has 0 atom stereocenters. The van der Waals surface area contributed by atoms with E-state index in [4.69, 9.17) is 9.98 Å². The van der Waals surface area contributed by atoms with Crippen LogP contribution in [0.2, 0.25) is 0 Å². The van der Waals surface area contributed by atoms with Crippen molar-refractivity contribution in [2.24, 2.45) is 15.0 Å². The van der Waals surface area contributed by atoms with E-state index >= 15 is 0 Å². The third-order valence-corrected chi connectivity index (χ3v) is 12.3. The third kappa shape index (κ3) is 5.57. The number of thiophene rings is 1. The van der Waals surface area contributed by atoms with Crippen LogP contribution in [0.5, 0.6) is 0 Å². The Labute approximate surface area is 338 Å². The molecule has 0 saturated carbocycles. The normalized spacial score (nSPS) is 12.5. The van der Waals surface area contributed by atoms with Crippen LogP contribution >= 0.6 is 11.3 Å². The Bertz CT molecular complexity index is 3430. The zero-order valence-electron chi connectivity index (χ0n) is 31.5. The fourth-order valence-electron chi connectivity index (χ4n) is 8.48. The van der Waals surface area contributed by atoms with Crippen molar-refractivity contribution in [1.82, 2.24) is 9.13 Å². The Hall–Kier alpha value is -7.41. The molecule has 0 bridgehead atoms. The van der Waals surface area contributed by atoms with Crippen molar-refractivity contribution in [3.8, 4) is 11.4 Å². The molecule has 6 heteroatoms. The second-order valence-corrected chi connectivity index (χ2v) is 15.5. The van der Waals surface area contributed by atoms with Crippen LogP contribution in [0.4, 0.5) is 0 Å². The summed E-state index contributed by atoms with van der Waals surface area (Å²) >= 11 is 1.78. The van der Waals surface area contributed by atoms with Gasteiger partial charge < -0.3 is 9.13 Å². The van der Waals surface area contributed by atoms with Gasteiger partial charge in [-0.2, -0.15) is 0 Å². The molecule has 11 rings (SSSR count). The predicted octanol–water partition coefficient (Wildman–Crippen LogP) is 13.3. The minimum absolute atomic E-state index is 0.465. The van der Waals surface area contributed by atoms with Crippen LogP contribution in [0.15, 0.2) is 203 Å². The van der Waals surface area contributed by atoms with E-state index in [1.54, 1.807) is 11.3 Å². The molecule has 274 valence electrons. The zero-order valence-corrected chi connectivity index (χ0v) is 32.3. The molecule has 0 amide bonds. The van der Waals surface area contributed by atoms with Gasteiger partial charge in [-0.15, -0.1) is 11.3 Å². The van der Waals surface area contributed by atoms with E-state index in [0.717, 1.165) is 54.7 Å². The zero-order chi connectivity index (χ0) is 38.6. The first kappa shape index (κ1) is 33.9. The summed E-state index contributed by atoms with van der Waals surface area (Å²) in [6.07, 6.45) is 0. The van der Waals surface area contributed by atoms with E-state index < -0.39 is 0 Å². The quantitative estimate of drug-likeness (QED) is 0.120. The van der Waals surface area contributed by atoms with Gasteiger partial charge in [0.2, 0.25) is 0 Å². The van der Waals surface area contributed by atoms with Crippen LogP contribution < -0.4 is 0 Å². The maximum absolute atomic E-state index is 5.29. The van der Waals surface area contributed by atoms with Crippen molar-refractivity contribution < 1.29 is 0 Å². The molecule has 0 aliphatic rings. The van der Waals surface area contributed by atoms with E-state index in [2.05, 4.69) is 173 Å². The SMILES string of the molecule is C=N/C(=N\C(=N/Cc1ccccc1)c1cc(-n2c3ccccc3c3cc4c5ccccc5n(-c5ccccc5)c4cc32)cc2c1sc1ccccc12)c1ccccc1. The standard InChI is InChI=1S/C52H35N5S/c1-53-51(35-19-7-3-8-20-35)55-52(54-33-34-17-5-2-6-18-34)44-30-37(29-43-40-25-13-16-28-49(40)58-50(43)44)57-46-27-15-12-24-39(46)42-31-41-38-23-11-14-26-45(38)56(47(41)32-48(42)57)36-21-9-4-10-22-36/h2-32H,1,33H2/b54-52-,55-51-. The van der Waals surface area contributed by atoms with Gasteiger partial charge in [0.1, 0.15) is 0 Å². The number of para-hydroxylation sites is 3. The summed E-state index contributed by atoms with van der Waals surface area (Å²) in [5.74, 6) is 1.14. The lowest BCUT2D eigenvalue weighted by Crippen LogP contribution is -2.07. The minimum atomic E-state index is 0.465. The number of aromatic nitrogens is 2. The van der Waals surface area contributed by atoms with Gasteiger partial charge in [0, 0.05) is 64.2 Å². The summed E-state index contributed by atoms with van der Waals surface area (Å²) < 4.78 is 7.16. The van der Waals surface area contributed by atoms with Gasteiger partial charge in [0.15, 0.2) is 11.7 Å². The molecule has 0 aliphatic heterocycles.